The van der Waals surface area contributed by atoms with Crippen molar-refractivity contribution in [3.8, 4) is 0 Å². The summed E-state index contributed by atoms with van der Waals surface area (Å²) in [5, 5.41) is 17.6. The highest BCUT2D eigenvalue weighted by Crippen LogP contribution is 2.10. The monoisotopic (exact) mass is 189 g/mol. The number of aliphatic hydroxyl groups excluding tert-OH is 2. The quantitative estimate of drug-likeness (QED) is 0.595. The van der Waals surface area contributed by atoms with E-state index < -0.39 is 0 Å². The van der Waals surface area contributed by atoms with Crippen molar-refractivity contribution in [3.05, 3.63) is 0 Å². The van der Waals surface area contributed by atoms with E-state index in [9.17, 15) is 0 Å². The summed E-state index contributed by atoms with van der Waals surface area (Å²) in [4.78, 5) is 2.34. The predicted molar refractivity (Wildman–Crippen MR) is 54.7 cm³/mol. The highest BCUT2D eigenvalue weighted by molar-refractivity contribution is 4.69. The summed E-state index contributed by atoms with van der Waals surface area (Å²) in [6.45, 7) is 6.80. The van der Waals surface area contributed by atoms with Crippen LogP contribution < -0.4 is 0 Å². The Bertz CT molecular complexity index is 105. The minimum Gasteiger partial charge on any atom is -0.396 e. The summed E-state index contributed by atoms with van der Waals surface area (Å²) in [6.07, 6.45) is 2.64. The second kappa shape index (κ2) is 8.48. The maximum Gasteiger partial charge on any atom is 0.0445 e. The molecule has 0 aromatic rings. The first-order chi connectivity index (χ1) is 6.29. The average Bonchev–Trinajstić information content (AvgIpc) is 2.16. The molecule has 2 N–H and O–H groups in total. The molecule has 0 fully saturated rings. The molecule has 3 nitrogen and oxygen atoms in total. The van der Waals surface area contributed by atoms with Gasteiger partial charge in [-0.3, -0.25) is 0 Å². The minimum atomic E-state index is 0.243. The van der Waals surface area contributed by atoms with Crippen molar-refractivity contribution >= 4 is 0 Å². The van der Waals surface area contributed by atoms with Crippen molar-refractivity contribution in [2.24, 2.45) is 0 Å². The van der Waals surface area contributed by atoms with Crippen LogP contribution in [0.15, 0.2) is 0 Å². The van der Waals surface area contributed by atoms with Gasteiger partial charge in [0.2, 0.25) is 0 Å². The number of rotatable bonds is 8. The van der Waals surface area contributed by atoms with E-state index in [2.05, 4.69) is 18.7 Å². The van der Waals surface area contributed by atoms with Gasteiger partial charge in [-0.15, -0.1) is 0 Å². The molecule has 0 heterocycles. The summed E-state index contributed by atoms with van der Waals surface area (Å²) < 4.78 is 0. The Kier molecular flexibility index (Phi) is 8.40. The standard InChI is InChI=1S/C10H23NO2/c1-3-11(4-2)10(7-9-13)6-5-8-12/h10,12-13H,3-9H2,1-2H3. The molecule has 0 radical (unpaired) electrons. The first-order valence-electron chi connectivity index (χ1n) is 5.25. The lowest BCUT2D eigenvalue weighted by atomic mass is 10.1. The second-order valence-corrected chi connectivity index (χ2v) is 3.25. The van der Waals surface area contributed by atoms with Gasteiger partial charge in [-0.05, 0) is 32.4 Å². The smallest absolute Gasteiger partial charge is 0.0445 e. The van der Waals surface area contributed by atoms with E-state index in [0.29, 0.717) is 6.04 Å². The Hall–Kier alpha value is -0.120. The predicted octanol–water partition coefficient (Wildman–Crippen LogP) is 0.852. The first kappa shape index (κ1) is 12.9. The summed E-state index contributed by atoms with van der Waals surface area (Å²) in [7, 11) is 0. The van der Waals surface area contributed by atoms with Crippen LogP contribution in [0, 0.1) is 0 Å². The summed E-state index contributed by atoms with van der Waals surface area (Å²) in [6, 6.07) is 0.437. The van der Waals surface area contributed by atoms with E-state index in [-0.39, 0.29) is 13.2 Å². The lowest BCUT2D eigenvalue weighted by Crippen LogP contribution is -2.35. The van der Waals surface area contributed by atoms with Gasteiger partial charge in [-0.2, -0.15) is 0 Å². The molecular formula is C10H23NO2. The zero-order valence-electron chi connectivity index (χ0n) is 8.87. The first-order valence-corrected chi connectivity index (χ1v) is 5.25. The van der Waals surface area contributed by atoms with Crippen LogP contribution in [0.2, 0.25) is 0 Å². The van der Waals surface area contributed by atoms with Crippen LogP contribution in [0.4, 0.5) is 0 Å². The van der Waals surface area contributed by atoms with E-state index in [1.165, 1.54) is 0 Å². The van der Waals surface area contributed by atoms with Crippen LogP contribution in [0.25, 0.3) is 0 Å². The molecule has 0 aromatic carbocycles. The van der Waals surface area contributed by atoms with Crippen molar-refractivity contribution in [1.82, 2.24) is 4.90 Å². The molecule has 0 saturated carbocycles. The van der Waals surface area contributed by atoms with Crippen molar-refractivity contribution in [2.75, 3.05) is 26.3 Å². The van der Waals surface area contributed by atoms with E-state index >= 15 is 0 Å². The SMILES string of the molecule is CCN(CC)C(CCO)CCCO. The zero-order valence-corrected chi connectivity index (χ0v) is 8.87. The van der Waals surface area contributed by atoms with E-state index in [1.54, 1.807) is 0 Å². The fraction of sp³-hybridized carbons (Fsp3) is 1.00. The van der Waals surface area contributed by atoms with Crippen molar-refractivity contribution in [3.63, 3.8) is 0 Å². The maximum absolute atomic E-state index is 8.89. The lowest BCUT2D eigenvalue weighted by molar-refractivity contribution is 0.151. The molecule has 0 spiro atoms. The number of nitrogens with zero attached hydrogens (tertiary/aromatic N) is 1. The molecule has 1 atom stereocenters. The molecule has 0 rings (SSSR count). The van der Waals surface area contributed by atoms with E-state index in [0.717, 1.165) is 32.4 Å². The Morgan fingerprint density at radius 1 is 1.00 bits per heavy atom. The van der Waals surface area contributed by atoms with Crippen LogP contribution in [-0.2, 0) is 0 Å². The average molecular weight is 189 g/mol. The molecule has 0 bridgehead atoms. The van der Waals surface area contributed by atoms with Gasteiger partial charge in [-0.25, -0.2) is 0 Å². The van der Waals surface area contributed by atoms with Crippen LogP contribution in [0.5, 0.6) is 0 Å². The molecule has 0 amide bonds. The molecule has 13 heavy (non-hydrogen) atoms. The van der Waals surface area contributed by atoms with E-state index in [1.807, 2.05) is 0 Å². The normalized spacial score (nSPS) is 13.6. The van der Waals surface area contributed by atoms with Gasteiger partial charge >= 0.3 is 0 Å². The second-order valence-electron chi connectivity index (χ2n) is 3.25. The minimum absolute atomic E-state index is 0.243. The third-order valence-corrected chi connectivity index (χ3v) is 2.49. The molecule has 0 saturated heterocycles. The fourth-order valence-electron chi connectivity index (χ4n) is 1.73. The zero-order chi connectivity index (χ0) is 10.1. The van der Waals surface area contributed by atoms with Crippen LogP contribution in [0.1, 0.15) is 33.1 Å². The Morgan fingerprint density at radius 2 is 1.62 bits per heavy atom. The molecule has 80 valence electrons. The largest absolute Gasteiger partial charge is 0.396 e. The van der Waals surface area contributed by atoms with Crippen molar-refractivity contribution in [2.45, 2.75) is 39.2 Å². The summed E-state index contributed by atoms with van der Waals surface area (Å²) >= 11 is 0. The van der Waals surface area contributed by atoms with Gasteiger partial charge in [0.25, 0.3) is 0 Å². The van der Waals surface area contributed by atoms with Crippen molar-refractivity contribution < 1.29 is 10.2 Å². The lowest BCUT2D eigenvalue weighted by Gasteiger charge is -2.29. The Balaban J connectivity index is 3.88. The number of aliphatic hydroxyl groups is 2. The van der Waals surface area contributed by atoms with Gasteiger partial charge in [0.15, 0.2) is 0 Å². The summed E-state index contributed by atoms with van der Waals surface area (Å²) in [5.41, 5.74) is 0. The third kappa shape index (κ3) is 5.24. The molecule has 0 aliphatic heterocycles. The van der Waals surface area contributed by atoms with Crippen LogP contribution in [-0.4, -0.2) is 47.5 Å². The van der Waals surface area contributed by atoms with Crippen LogP contribution >= 0.6 is 0 Å². The van der Waals surface area contributed by atoms with Gasteiger partial charge in [0, 0.05) is 19.3 Å². The molecule has 0 aliphatic rings. The van der Waals surface area contributed by atoms with Crippen molar-refractivity contribution in [1.29, 1.82) is 0 Å². The highest BCUT2D eigenvalue weighted by atomic mass is 16.3. The fourth-order valence-corrected chi connectivity index (χ4v) is 1.73. The Morgan fingerprint density at radius 3 is 2.00 bits per heavy atom. The number of hydrogen-bond donors (Lipinski definition) is 2. The molecule has 1 unspecified atom stereocenters. The van der Waals surface area contributed by atoms with E-state index in [4.69, 9.17) is 10.2 Å². The van der Waals surface area contributed by atoms with Gasteiger partial charge in [-0.1, -0.05) is 13.8 Å². The molecule has 0 aromatic heterocycles. The highest BCUT2D eigenvalue weighted by Gasteiger charge is 2.13. The van der Waals surface area contributed by atoms with Gasteiger partial charge in [0.05, 0.1) is 0 Å². The topological polar surface area (TPSA) is 43.7 Å². The van der Waals surface area contributed by atoms with Gasteiger partial charge < -0.3 is 15.1 Å². The Labute approximate surface area is 81.4 Å². The number of hydrogen-bond acceptors (Lipinski definition) is 3. The van der Waals surface area contributed by atoms with Gasteiger partial charge in [0.1, 0.15) is 0 Å². The molecule has 3 heteroatoms. The molecule has 0 aliphatic carbocycles. The molecular weight excluding hydrogens is 166 g/mol. The maximum atomic E-state index is 8.89. The third-order valence-electron chi connectivity index (χ3n) is 2.49. The summed E-state index contributed by atoms with van der Waals surface area (Å²) in [5.74, 6) is 0. The van der Waals surface area contributed by atoms with Crippen LogP contribution in [0.3, 0.4) is 0 Å².